The van der Waals surface area contributed by atoms with E-state index in [-0.39, 0.29) is 5.91 Å². The zero-order valence-electron chi connectivity index (χ0n) is 14.4. The Morgan fingerprint density at radius 1 is 1.13 bits per heavy atom. The smallest absolute Gasteiger partial charge is 0.241 e. The van der Waals surface area contributed by atoms with Gasteiger partial charge in [-0.25, -0.2) is 0 Å². The van der Waals surface area contributed by atoms with Crippen LogP contribution in [0.3, 0.4) is 0 Å². The van der Waals surface area contributed by atoms with Crippen molar-refractivity contribution in [3.63, 3.8) is 0 Å². The van der Waals surface area contributed by atoms with E-state index in [1.165, 1.54) is 30.5 Å². The lowest BCUT2D eigenvalue weighted by molar-refractivity contribution is -0.130. The number of carbonyl (C=O) groups excluding carboxylic acids is 1. The topological polar surface area (TPSA) is 44.4 Å². The molecule has 4 heteroatoms. The van der Waals surface area contributed by atoms with Gasteiger partial charge in [0.05, 0.1) is 6.54 Å². The minimum Gasteiger partial charge on any atom is -0.376 e. The van der Waals surface area contributed by atoms with E-state index < -0.39 is 0 Å². The van der Waals surface area contributed by atoms with Crippen molar-refractivity contribution in [2.24, 2.45) is 5.92 Å². The summed E-state index contributed by atoms with van der Waals surface area (Å²) in [6, 6.07) is 6.82. The number of nitrogens with zero attached hydrogens (tertiary/aromatic N) is 1. The number of hydrogen-bond acceptors (Lipinski definition) is 3. The van der Waals surface area contributed by atoms with Gasteiger partial charge < -0.3 is 15.5 Å². The largest absolute Gasteiger partial charge is 0.376 e. The van der Waals surface area contributed by atoms with E-state index in [0.29, 0.717) is 12.6 Å². The molecule has 2 fully saturated rings. The minimum atomic E-state index is 0.216. The molecule has 1 saturated carbocycles. The van der Waals surface area contributed by atoms with Gasteiger partial charge in [-0.05, 0) is 63.1 Å². The zero-order valence-corrected chi connectivity index (χ0v) is 14.4. The second-order valence-corrected chi connectivity index (χ2v) is 7.13. The molecule has 1 amide bonds. The van der Waals surface area contributed by atoms with E-state index in [4.69, 9.17) is 0 Å². The van der Waals surface area contributed by atoms with Crippen LogP contribution < -0.4 is 10.6 Å². The molecule has 23 heavy (non-hydrogen) atoms. The molecule has 2 N–H and O–H groups in total. The number of amides is 1. The van der Waals surface area contributed by atoms with Gasteiger partial charge in [0.2, 0.25) is 5.91 Å². The summed E-state index contributed by atoms with van der Waals surface area (Å²) in [4.78, 5) is 14.4. The van der Waals surface area contributed by atoms with E-state index in [2.05, 4.69) is 42.7 Å². The highest BCUT2D eigenvalue weighted by Gasteiger charge is 2.25. The van der Waals surface area contributed by atoms with Crippen LogP contribution in [0, 0.1) is 19.8 Å². The summed E-state index contributed by atoms with van der Waals surface area (Å²) in [5, 5.41) is 6.99. The summed E-state index contributed by atoms with van der Waals surface area (Å²) in [6.07, 6.45) is 4.96. The molecule has 1 aromatic carbocycles. The number of aryl methyl sites for hydroxylation is 2. The fraction of sp³-hybridized carbons (Fsp3) is 0.632. The van der Waals surface area contributed by atoms with Crippen molar-refractivity contribution in [1.29, 1.82) is 0 Å². The van der Waals surface area contributed by atoms with E-state index >= 15 is 0 Å². The summed E-state index contributed by atoms with van der Waals surface area (Å²) in [7, 11) is 0. The van der Waals surface area contributed by atoms with E-state index in [1.54, 1.807) is 0 Å². The Balaban J connectivity index is 1.42. The summed E-state index contributed by atoms with van der Waals surface area (Å²) < 4.78 is 0. The highest BCUT2D eigenvalue weighted by Crippen LogP contribution is 2.28. The van der Waals surface area contributed by atoms with Gasteiger partial charge in [-0.1, -0.05) is 18.2 Å². The van der Waals surface area contributed by atoms with Crippen molar-refractivity contribution in [3.8, 4) is 0 Å². The Bertz CT molecular complexity index is 525. The highest BCUT2D eigenvalue weighted by molar-refractivity contribution is 5.81. The third kappa shape index (κ3) is 4.47. The molecule has 3 rings (SSSR count). The SMILES string of the molecule is Cc1cccc(C)c1NCC(=O)N1CCC(NCC2CC2)CC1. The number of piperidine rings is 1. The molecule has 0 aromatic heterocycles. The number of hydrogen-bond donors (Lipinski definition) is 2. The van der Waals surface area contributed by atoms with Crippen LogP contribution >= 0.6 is 0 Å². The van der Waals surface area contributed by atoms with Gasteiger partial charge in [0.25, 0.3) is 0 Å². The molecule has 1 aromatic rings. The van der Waals surface area contributed by atoms with Crippen LogP contribution in [0.5, 0.6) is 0 Å². The van der Waals surface area contributed by atoms with Crippen molar-refractivity contribution < 1.29 is 4.79 Å². The van der Waals surface area contributed by atoms with Gasteiger partial charge >= 0.3 is 0 Å². The van der Waals surface area contributed by atoms with Crippen LogP contribution in [0.1, 0.15) is 36.8 Å². The standard InChI is InChI=1S/C19H29N3O/c1-14-4-3-5-15(2)19(14)21-13-18(23)22-10-8-17(9-11-22)20-12-16-6-7-16/h3-5,16-17,20-21H,6-13H2,1-2H3. The third-order valence-electron chi connectivity index (χ3n) is 5.14. The number of carbonyl (C=O) groups is 1. The van der Waals surface area contributed by atoms with Crippen LogP contribution in [-0.2, 0) is 4.79 Å². The maximum atomic E-state index is 12.4. The number of nitrogens with one attached hydrogen (secondary N) is 2. The fourth-order valence-electron chi connectivity index (χ4n) is 3.36. The molecule has 0 radical (unpaired) electrons. The van der Waals surface area contributed by atoms with Crippen molar-refractivity contribution >= 4 is 11.6 Å². The molecule has 1 aliphatic heterocycles. The van der Waals surface area contributed by atoms with E-state index in [9.17, 15) is 4.79 Å². The summed E-state index contributed by atoms with van der Waals surface area (Å²) in [5.41, 5.74) is 3.49. The Morgan fingerprint density at radius 2 is 1.78 bits per heavy atom. The maximum absolute atomic E-state index is 12.4. The van der Waals surface area contributed by atoms with Crippen LogP contribution in [0.4, 0.5) is 5.69 Å². The van der Waals surface area contributed by atoms with Crippen LogP contribution in [0.15, 0.2) is 18.2 Å². The van der Waals surface area contributed by atoms with E-state index in [1.807, 2.05) is 4.90 Å². The van der Waals surface area contributed by atoms with Crippen molar-refractivity contribution in [2.45, 2.75) is 45.6 Å². The maximum Gasteiger partial charge on any atom is 0.241 e. The van der Waals surface area contributed by atoms with Crippen LogP contribution in [0.2, 0.25) is 0 Å². The quantitative estimate of drug-likeness (QED) is 0.848. The Hall–Kier alpha value is -1.55. The molecule has 4 nitrogen and oxygen atoms in total. The monoisotopic (exact) mass is 315 g/mol. The Morgan fingerprint density at radius 3 is 2.39 bits per heavy atom. The molecule has 0 atom stereocenters. The first-order valence-electron chi connectivity index (χ1n) is 8.94. The van der Waals surface area contributed by atoms with Gasteiger partial charge in [0.15, 0.2) is 0 Å². The molecule has 0 unspecified atom stereocenters. The Labute approximate surface area is 139 Å². The second kappa shape index (κ2) is 7.35. The van der Waals surface area contributed by atoms with Crippen molar-refractivity contribution in [2.75, 3.05) is 31.5 Å². The predicted molar refractivity (Wildman–Crippen MR) is 94.7 cm³/mol. The lowest BCUT2D eigenvalue weighted by Crippen LogP contribution is -2.46. The summed E-state index contributed by atoms with van der Waals surface area (Å²) >= 11 is 0. The van der Waals surface area contributed by atoms with Gasteiger partial charge in [-0.3, -0.25) is 4.79 Å². The normalized spacial score (nSPS) is 19.0. The fourth-order valence-corrected chi connectivity index (χ4v) is 3.36. The third-order valence-corrected chi connectivity index (χ3v) is 5.14. The summed E-state index contributed by atoms with van der Waals surface area (Å²) in [6.45, 7) is 7.50. The molecule has 1 aliphatic carbocycles. The van der Waals surface area contributed by atoms with E-state index in [0.717, 1.165) is 37.5 Å². The average Bonchev–Trinajstić information content (AvgIpc) is 3.37. The lowest BCUT2D eigenvalue weighted by atomic mass is 10.0. The Kier molecular flexibility index (Phi) is 5.21. The predicted octanol–water partition coefficient (Wildman–Crippen LogP) is 2.71. The molecular weight excluding hydrogens is 286 g/mol. The van der Waals surface area contributed by atoms with Gasteiger partial charge in [-0.15, -0.1) is 0 Å². The average molecular weight is 315 g/mol. The molecule has 0 spiro atoms. The van der Waals surface area contributed by atoms with Gasteiger partial charge in [0, 0.05) is 24.8 Å². The van der Waals surface area contributed by atoms with Crippen LogP contribution in [-0.4, -0.2) is 43.0 Å². The van der Waals surface area contributed by atoms with Crippen molar-refractivity contribution in [1.82, 2.24) is 10.2 Å². The first-order valence-corrected chi connectivity index (χ1v) is 8.94. The molecule has 126 valence electrons. The highest BCUT2D eigenvalue weighted by atomic mass is 16.2. The molecular formula is C19H29N3O. The summed E-state index contributed by atoms with van der Waals surface area (Å²) in [5.74, 6) is 1.14. The first-order chi connectivity index (χ1) is 11.1. The molecule has 2 aliphatic rings. The second-order valence-electron chi connectivity index (χ2n) is 7.13. The minimum absolute atomic E-state index is 0.216. The molecule has 0 bridgehead atoms. The first kappa shape index (κ1) is 16.3. The van der Waals surface area contributed by atoms with Gasteiger partial charge in [0.1, 0.15) is 0 Å². The van der Waals surface area contributed by atoms with Crippen LogP contribution in [0.25, 0.3) is 0 Å². The van der Waals surface area contributed by atoms with Crippen molar-refractivity contribution in [3.05, 3.63) is 29.3 Å². The number of benzene rings is 1. The van der Waals surface area contributed by atoms with Gasteiger partial charge in [-0.2, -0.15) is 0 Å². The zero-order chi connectivity index (χ0) is 16.2. The molecule has 1 saturated heterocycles. The number of para-hydroxylation sites is 1. The number of likely N-dealkylation sites (tertiary alicyclic amines) is 1. The molecule has 1 heterocycles. The lowest BCUT2D eigenvalue weighted by Gasteiger charge is -2.32. The number of anilines is 1. The number of rotatable bonds is 6.